The number of hydrogen-bond acceptors (Lipinski definition) is 11. The Balaban J connectivity index is 1.47. The highest BCUT2D eigenvalue weighted by Gasteiger charge is 2.34. The third-order valence-electron chi connectivity index (χ3n) is 8.04. The van der Waals surface area contributed by atoms with Crippen LogP contribution in [0, 0.1) is 13.8 Å². The van der Waals surface area contributed by atoms with Crippen LogP contribution in [-0.4, -0.2) is 54.8 Å². The molecule has 0 aliphatic carbocycles. The molecule has 0 bridgehead atoms. The van der Waals surface area contributed by atoms with Gasteiger partial charge in [0.05, 0.1) is 42.2 Å². The van der Waals surface area contributed by atoms with Crippen LogP contribution in [0.4, 0.5) is 0 Å². The molecule has 0 N–H and O–H groups in total. The molecule has 48 heavy (non-hydrogen) atoms. The number of allylic oxidation sites excluding steroid dienone is 1. The second-order valence-corrected chi connectivity index (χ2v) is 12.0. The van der Waals surface area contributed by atoms with Gasteiger partial charge in [-0.15, -0.1) is 0 Å². The van der Waals surface area contributed by atoms with E-state index in [2.05, 4.69) is 4.57 Å². The average molecular weight is 674 g/mol. The van der Waals surface area contributed by atoms with E-state index in [1.54, 1.807) is 32.0 Å². The van der Waals surface area contributed by atoms with Crippen LogP contribution in [0.2, 0.25) is 0 Å². The molecule has 13 heteroatoms. The van der Waals surface area contributed by atoms with E-state index in [1.807, 2.05) is 51.1 Å². The van der Waals surface area contributed by atoms with Crippen molar-refractivity contribution in [2.75, 3.05) is 33.7 Å². The minimum absolute atomic E-state index is 0.149. The van der Waals surface area contributed by atoms with Gasteiger partial charge in [-0.3, -0.25) is 9.36 Å². The Bertz CT molecular complexity index is 2140. The maximum atomic E-state index is 14.3. The predicted molar refractivity (Wildman–Crippen MR) is 177 cm³/mol. The van der Waals surface area contributed by atoms with Crippen molar-refractivity contribution in [1.82, 2.24) is 9.13 Å². The van der Waals surface area contributed by atoms with Gasteiger partial charge in [-0.05, 0) is 82.2 Å². The summed E-state index contributed by atoms with van der Waals surface area (Å²) >= 11 is 1.24. The zero-order valence-corrected chi connectivity index (χ0v) is 28.3. The number of methoxy groups -OCH3 is 1. The molecule has 2 aliphatic rings. The summed E-state index contributed by atoms with van der Waals surface area (Å²) < 4.78 is 36.8. The van der Waals surface area contributed by atoms with Crippen LogP contribution in [0.25, 0.3) is 11.8 Å². The minimum Gasteiger partial charge on any atom is -0.490 e. The number of aromatic nitrogens is 2. The lowest BCUT2D eigenvalue weighted by atomic mass is 9.95. The average Bonchev–Trinajstić information content (AvgIpc) is 3.74. The van der Waals surface area contributed by atoms with E-state index in [4.69, 9.17) is 33.4 Å². The second-order valence-electron chi connectivity index (χ2n) is 11.0. The molecule has 0 amide bonds. The fraction of sp³-hybridized carbons (Fsp3) is 0.314. The maximum absolute atomic E-state index is 14.3. The first-order valence-electron chi connectivity index (χ1n) is 15.4. The SMILES string of the molecule is CCOC(=O)C1=C(C)N=c2s/c(=C\c3cc(C)n(-c4ccc5c(c4)OCO5)c3C)c(=O)n2[C@@H]1c1ccc(OCC(=O)OC)c(OCC)c1. The first kappa shape index (κ1) is 32.6. The predicted octanol–water partition coefficient (Wildman–Crippen LogP) is 3.89. The minimum atomic E-state index is -0.864. The van der Waals surface area contributed by atoms with Crippen LogP contribution >= 0.6 is 11.3 Å². The van der Waals surface area contributed by atoms with Crippen molar-refractivity contribution in [3.8, 4) is 28.7 Å². The van der Waals surface area contributed by atoms with Crippen LogP contribution in [0.3, 0.4) is 0 Å². The molecule has 1 atom stereocenters. The van der Waals surface area contributed by atoms with Crippen molar-refractivity contribution in [2.24, 2.45) is 4.99 Å². The van der Waals surface area contributed by atoms with Gasteiger partial charge in [0, 0.05) is 23.1 Å². The Morgan fingerprint density at radius 3 is 2.54 bits per heavy atom. The maximum Gasteiger partial charge on any atom is 0.343 e. The standard InChI is InChI=1S/C35H35N3O9S/c1-7-43-27-14-22(9-11-25(27)45-17-30(39)42-6)32-31(34(41)44-8-2)20(4)36-35-38(32)33(40)29(48-35)15-23-13-19(3)37(21(23)5)24-10-12-26-28(16-24)47-18-46-26/h9-16,32H,7-8,17-18H2,1-6H3/b29-15-/t32-/m1/s1. The zero-order chi connectivity index (χ0) is 34.1. The van der Waals surface area contributed by atoms with Crippen LogP contribution in [0.15, 0.2) is 63.5 Å². The van der Waals surface area contributed by atoms with Gasteiger partial charge >= 0.3 is 11.9 Å². The Kier molecular flexibility index (Phi) is 9.13. The molecule has 2 aromatic heterocycles. The molecule has 0 spiro atoms. The highest BCUT2D eigenvalue weighted by atomic mass is 32.1. The summed E-state index contributed by atoms with van der Waals surface area (Å²) in [5.41, 5.74) is 4.62. The van der Waals surface area contributed by atoms with E-state index in [-0.39, 0.29) is 31.1 Å². The zero-order valence-electron chi connectivity index (χ0n) is 27.4. The Morgan fingerprint density at radius 1 is 1.00 bits per heavy atom. The molecule has 0 unspecified atom stereocenters. The van der Waals surface area contributed by atoms with E-state index < -0.39 is 18.0 Å². The molecule has 12 nitrogen and oxygen atoms in total. The number of thiazole rings is 1. The summed E-state index contributed by atoms with van der Waals surface area (Å²) in [6.07, 6.45) is 1.85. The third-order valence-corrected chi connectivity index (χ3v) is 9.03. The van der Waals surface area contributed by atoms with Gasteiger partial charge in [0.25, 0.3) is 5.56 Å². The van der Waals surface area contributed by atoms with Crippen LogP contribution in [0.5, 0.6) is 23.0 Å². The van der Waals surface area contributed by atoms with Gasteiger partial charge in [0.15, 0.2) is 34.4 Å². The fourth-order valence-corrected chi connectivity index (χ4v) is 6.92. The molecule has 6 rings (SSSR count). The lowest BCUT2D eigenvalue weighted by Gasteiger charge is -2.25. The Hall–Kier alpha value is -5.30. The molecule has 0 radical (unpaired) electrons. The number of carbonyl (C=O) groups excluding carboxylic acids is 2. The summed E-state index contributed by atoms with van der Waals surface area (Å²) in [5.74, 6) is 0.914. The van der Waals surface area contributed by atoms with Crippen LogP contribution in [-0.2, 0) is 19.1 Å². The molecule has 250 valence electrons. The summed E-state index contributed by atoms with van der Waals surface area (Å²) in [6, 6.07) is 12.0. The largest absolute Gasteiger partial charge is 0.490 e. The van der Waals surface area contributed by atoms with Crippen molar-refractivity contribution in [1.29, 1.82) is 0 Å². The van der Waals surface area contributed by atoms with Gasteiger partial charge < -0.3 is 33.0 Å². The highest BCUT2D eigenvalue weighted by molar-refractivity contribution is 7.07. The molecule has 0 saturated carbocycles. The summed E-state index contributed by atoms with van der Waals surface area (Å²) in [5, 5.41) is 0. The van der Waals surface area contributed by atoms with Crippen LogP contribution < -0.4 is 33.8 Å². The van der Waals surface area contributed by atoms with Crippen molar-refractivity contribution in [3.05, 3.63) is 95.9 Å². The van der Waals surface area contributed by atoms with Crippen molar-refractivity contribution >= 4 is 29.4 Å². The smallest absolute Gasteiger partial charge is 0.343 e. The molecule has 2 aromatic carbocycles. The molecule has 0 fully saturated rings. The van der Waals surface area contributed by atoms with Gasteiger partial charge in [0.1, 0.15) is 0 Å². The van der Waals surface area contributed by atoms with E-state index in [0.717, 1.165) is 22.6 Å². The molecular formula is C35H35N3O9S. The number of aryl methyl sites for hydroxylation is 1. The summed E-state index contributed by atoms with van der Waals surface area (Å²) in [6.45, 7) is 9.59. The van der Waals surface area contributed by atoms with Crippen molar-refractivity contribution in [2.45, 2.75) is 40.7 Å². The van der Waals surface area contributed by atoms with Gasteiger partial charge in [-0.2, -0.15) is 0 Å². The summed E-state index contributed by atoms with van der Waals surface area (Å²) in [7, 11) is 1.28. The van der Waals surface area contributed by atoms with Gasteiger partial charge in [-0.25, -0.2) is 14.6 Å². The lowest BCUT2D eigenvalue weighted by molar-refractivity contribution is -0.143. The van der Waals surface area contributed by atoms with E-state index >= 15 is 0 Å². The van der Waals surface area contributed by atoms with E-state index in [0.29, 0.717) is 50.2 Å². The molecular weight excluding hydrogens is 638 g/mol. The monoisotopic (exact) mass is 673 g/mol. The van der Waals surface area contributed by atoms with Gasteiger partial charge in [-0.1, -0.05) is 17.4 Å². The van der Waals surface area contributed by atoms with E-state index in [9.17, 15) is 14.4 Å². The third kappa shape index (κ3) is 5.97. The number of rotatable bonds is 10. The molecule has 2 aliphatic heterocycles. The number of ether oxygens (including phenoxy) is 6. The fourth-order valence-electron chi connectivity index (χ4n) is 5.88. The number of esters is 2. The first-order valence-corrected chi connectivity index (χ1v) is 16.2. The molecule has 0 saturated heterocycles. The number of hydrogen-bond donors (Lipinski definition) is 0. The number of carbonyl (C=O) groups is 2. The second kappa shape index (κ2) is 13.4. The molecule has 4 aromatic rings. The quantitative estimate of drug-likeness (QED) is 0.230. The van der Waals surface area contributed by atoms with Crippen LogP contribution in [0.1, 0.15) is 49.3 Å². The Morgan fingerprint density at radius 2 is 1.79 bits per heavy atom. The summed E-state index contributed by atoms with van der Waals surface area (Å²) in [4.78, 5) is 44.6. The first-order chi connectivity index (χ1) is 23.1. The normalized spacial score (nSPS) is 15.2. The highest BCUT2D eigenvalue weighted by Crippen LogP contribution is 2.37. The lowest BCUT2D eigenvalue weighted by Crippen LogP contribution is -2.40. The molecule has 4 heterocycles. The van der Waals surface area contributed by atoms with Crippen molar-refractivity contribution < 1.29 is 38.0 Å². The Labute approximate surface area is 280 Å². The van der Waals surface area contributed by atoms with Crippen molar-refractivity contribution in [3.63, 3.8) is 0 Å². The van der Waals surface area contributed by atoms with Gasteiger partial charge in [0.2, 0.25) is 6.79 Å². The topological polar surface area (TPSA) is 129 Å². The number of benzene rings is 2. The van der Waals surface area contributed by atoms with E-state index in [1.165, 1.54) is 23.0 Å². The number of fused-ring (bicyclic) bond motifs is 2. The number of nitrogens with zero attached hydrogens (tertiary/aromatic N) is 3.